The lowest BCUT2D eigenvalue weighted by molar-refractivity contribution is 0.495. The smallest absolute Gasteiger partial charge is 0.0126 e. The molecule has 1 atom stereocenters. The van der Waals surface area contributed by atoms with E-state index in [0.717, 1.165) is 6.42 Å². The van der Waals surface area contributed by atoms with Gasteiger partial charge in [-0.15, -0.1) is 0 Å². The van der Waals surface area contributed by atoms with Crippen LogP contribution >= 0.6 is 0 Å². The summed E-state index contributed by atoms with van der Waals surface area (Å²) < 4.78 is 0. The van der Waals surface area contributed by atoms with Crippen molar-refractivity contribution in [3.63, 3.8) is 0 Å². The van der Waals surface area contributed by atoms with Gasteiger partial charge < -0.3 is 0 Å². The minimum absolute atomic E-state index is 0.118. The molecule has 0 aliphatic rings. The third kappa shape index (κ3) is 6.24. The standard InChI is InChI=1S/C31H48/c1-21(18-22-14-16-24(17-15-22)28(2,3)4)23-19-25(29(5,6)7)27(31(11,12)13)26(20-23)30(8,9)10/h14-17,19-21H,18H2,1-13H3. The molecule has 0 aliphatic carbocycles. The van der Waals surface area contributed by atoms with Gasteiger partial charge in [-0.05, 0) is 67.4 Å². The molecular weight excluding hydrogens is 372 g/mol. The summed E-state index contributed by atoms with van der Waals surface area (Å²) in [5, 5.41) is 0. The van der Waals surface area contributed by atoms with Gasteiger partial charge in [0.15, 0.2) is 0 Å². The molecule has 1 unspecified atom stereocenters. The minimum atomic E-state index is 0.118. The maximum Gasteiger partial charge on any atom is -0.0126 e. The molecule has 2 aromatic carbocycles. The van der Waals surface area contributed by atoms with E-state index in [0.29, 0.717) is 5.92 Å². The van der Waals surface area contributed by atoms with Gasteiger partial charge in [0, 0.05) is 0 Å². The highest BCUT2D eigenvalue weighted by atomic mass is 14.4. The second-order valence-corrected chi connectivity index (χ2v) is 13.8. The van der Waals surface area contributed by atoms with E-state index in [2.05, 4.69) is 126 Å². The first-order chi connectivity index (χ1) is 13.8. The van der Waals surface area contributed by atoms with Crippen LogP contribution in [0.2, 0.25) is 0 Å². The predicted molar refractivity (Wildman–Crippen MR) is 140 cm³/mol. The van der Waals surface area contributed by atoms with Crippen LogP contribution in [0.3, 0.4) is 0 Å². The molecule has 0 bridgehead atoms. The van der Waals surface area contributed by atoms with Crippen LogP contribution in [0, 0.1) is 0 Å². The van der Waals surface area contributed by atoms with Crippen LogP contribution in [0.15, 0.2) is 36.4 Å². The Morgan fingerprint density at radius 2 is 1.00 bits per heavy atom. The quantitative estimate of drug-likeness (QED) is 0.464. The second kappa shape index (κ2) is 8.42. The van der Waals surface area contributed by atoms with Crippen LogP contribution in [-0.2, 0) is 28.1 Å². The average Bonchev–Trinajstić information content (AvgIpc) is 2.58. The first-order valence-electron chi connectivity index (χ1n) is 12.1. The van der Waals surface area contributed by atoms with Crippen molar-refractivity contribution >= 4 is 0 Å². The first-order valence-corrected chi connectivity index (χ1v) is 12.1. The number of hydrogen-bond donors (Lipinski definition) is 0. The van der Waals surface area contributed by atoms with Gasteiger partial charge in [-0.25, -0.2) is 0 Å². The van der Waals surface area contributed by atoms with Gasteiger partial charge in [-0.3, -0.25) is 0 Å². The maximum atomic E-state index is 2.52. The highest BCUT2D eigenvalue weighted by Gasteiger charge is 2.32. The van der Waals surface area contributed by atoms with E-state index in [1.165, 1.54) is 33.4 Å². The molecule has 2 rings (SSSR count). The van der Waals surface area contributed by atoms with Crippen molar-refractivity contribution in [2.24, 2.45) is 0 Å². The van der Waals surface area contributed by atoms with Crippen molar-refractivity contribution in [3.8, 4) is 0 Å². The largest absolute Gasteiger partial charge is 0.0587 e. The Kier molecular flexibility index (Phi) is 6.98. The zero-order chi connectivity index (χ0) is 24.0. The molecule has 0 saturated carbocycles. The summed E-state index contributed by atoms with van der Waals surface area (Å²) in [6, 6.07) is 14.3. The molecule has 0 saturated heterocycles. The van der Waals surface area contributed by atoms with Crippen LogP contribution in [0.5, 0.6) is 0 Å². The van der Waals surface area contributed by atoms with Crippen molar-refractivity contribution in [1.29, 1.82) is 0 Å². The van der Waals surface area contributed by atoms with Crippen LogP contribution < -0.4 is 0 Å². The Bertz CT molecular complexity index is 847. The summed E-state index contributed by atoms with van der Waals surface area (Å²) in [7, 11) is 0. The average molecular weight is 421 g/mol. The fraction of sp³-hybridized carbons (Fsp3) is 0.613. The Hall–Kier alpha value is -1.56. The SMILES string of the molecule is CC(Cc1ccc(C(C)(C)C)cc1)c1cc(C(C)(C)C)c(C(C)(C)C)c(C(C)(C)C)c1. The molecule has 0 N–H and O–H groups in total. The molecule has 0 heterocycles. The second-order valence-electron chi connectivity index (χ2n) is 13.8. The van der Waals surface area contributed by atoms with Crippen molar-refractivity contribution < 1.29 is 0 Å². The monoisotopic (exact) mass is 420 g/mol. The van der Waals surface area contributed by atoms with Crippen molar-refractivity contribution in [3.05, 3.63) is 69.8 Å². The van der Waals surface area contributed by atoms with Crippen LogP contribution in [0.1, 0.15) is 129 Å². The molecule has 0 radical (unpaired) electrons. The lowest BCUT2D eigenvalue weighted by Gasteiger charge is -2.37. The van der Waals surface area contributed by atoms with Crippen LogP contribution in [0.4, 0.5) is 0 Å². The lowest BCUT2D eigenvalue weighted by Crippen LogP contribution is -2.28. The zero-order valence-corrected chi connectivity index (χ0v) is 22.7. The Labute approximate surface area is 193 Å². The molecule has 0 amide bonds. The fourth-order valence-corrected chi connectivity index (χ4v) is 4.55. The molecule has 0 aliphatic heterocycles. The van der Waals surface area contributed by atoms with Crippen molar-refractivity contribution in [2.75, 3.05) is 0 Å². The molecule has 31 heavy (non-hydrogen) atoms. The van der Waals surface area contributed by atoms with Gasteiger partial charge in [0.1, 0.15) is 0 Å². The van der Waals surface area contributed by atoms with Crippen molar-refractivity contribution in [2.45, 2.75) is 124 Å². The highest BCUT2D eigenvalue weighted by Crippen LogP contribution is 2.42. The molecule has 2 aromatic rings. The summed E-state index contributed by atoms with van der Waals surface area (Å²) in [6.07, 6.45) is 1.08. The van der Waals surface area contributed by atoms with Gasteiger partial charge in [0.25, 0.3) is 0 Å². The third-order valence-corrected chi connectivity index (χ3v) is 6.46. The molecule has 0 nitrogen and oxygen atoms in total. The van der Waals surface area contributed by atoms with Crippen LogP contribution in [0.25, 0.3) is 0 Å². The van der Waals surface area contributed by atoms with E-state index >= 15 is 0 Å². The lowest BCUT2D eigenvalue weighted by atomic mass is 9.67. The summed E-state index contributed by atoms with van der Waals surface area (Å²) in [4.78, 5) is 0. The predicted octanol–water partition coefficient (Wildman–Crippen LogP) is 9.22. The van der Waals surface area contributed by atoms with E-state index in [4.69, 9.17) is 0 Å². The van der Waals surface area contributed by atoms with Gasteiger partial charge in [-0.1, -0.05) is 126 Å². The first kappa shape index (κ1) is 25.7. The highest BCUT2D eigenvalue weighted by molar-refractivity contribution is 5.50. The van der Waals surface area contributed by atoms with Gasteiger partial charge in [0.05, 0.1) is 0 Å². The Morgan fingerprint density at radius 3 is 1.32 bits per heavy atom. The molecule has 0 spiro atoms. The normalized spacial score (nSPS) is 14.6. The summed E-state index contributed by atoms with van der Waals surface area (Å²) in [5.41, 5.74) is 9.43. The number of hydrogen-bond acceptors (Lipinski definition) is 0. The van der Waals surface area contributed by atoms with E-state index in [9.17, 15) is 0 Å². The third-order valence-electron chi connectivity index (χ3n) is 6.46. The molecule has 0 fully saturated rings. The zero-order valence-electron chi connectivity index (χ0n) is 22.7. The Morgan fingerprint density at radius 1 is 0.581 bits per heavy atom. The van der Waals surface area contributed by atoms with E-state index < -0.39 is 0 Å². The Balaban J connectivity index is 2.56. The molecule has 0 heteroatoms. The maximum absolute atomic E-state index is 2.52. The van der Waals surface area contributed by atoms with Gasteiger partial charge in [0.2, 0.25) is 0 Å². The minimum Gasteiger partial charge on any atom is -0.0587 e. The topological polar surface area (TPSA) is 0 Å². The summed E-state index contributed by atoms with van der Waals surface area (Å²) >= 11 is 0. The number of rotatable bonds is 3. The van der Waals surface area contributed by atoms with E-state index in [1.54, 1.807) is 0 Å². The van der Waals surface area contributed by atoms with Crippen molar-refractivity contribution in [1.82, 2.24) is 0 Å². The van der Waals surface area contributed by atoms with Crippen LogP contribution in [-0.4, -0.2) is 0 Å². The summed E-state index contributed by atoms with van der Waals surface area (Å²) in [6.45, 7) is 30.5. The number of benzene rings is 2. The van der Waals surface area contributed by atoms with Gasteiger partial charge >= 0.3 is 0 Å². The molecule has 0 aromatic heterocycles. The van der Waals surface area contributed by atoms with E-state index in [1.807, 2.05) is 0 Å². The van der Waals surface area contributed by atoms with Gasteiger partial charge in [-0.2, -0.15) is 0 Å². The molecular formula is C31H48. The van der Waals surface area contributed by atoms with E-state index in [-0.39, 0.29) is 21.7 Å². The summed E-state index contributed by atoms with van der Waals surface area (Å²) in [5.74, 6) is 0.483. The fourth-order valence-electron chi connectivity index (χ4n) is 4.55. The molecule has 172 valence electrons.